The minimum absolute atomic E-state index is 0.160. The van der Waals surface area contributed by atoms with E-state index in [0.29, 0.717) is 17.7 Å². The number of Topliss-reactive ketones (excluding diaryl/α,β-unsaturated/α-hetero) is 1. The predicted molar refractivity (Wildman–Crippen MR) is 117 cm³/mol. The number of nitriles is 1. The normalized spacial score (nSPS) is 21.4. The lowest BCUT2D eigenvalue weighted by atomic mass is 9.80. The number of fused-ring (bicyclic) bond motifs is 1. The van der Waals surface area contributed by atoms with Crippen LogP contribution in [0.15, 0.2) is 59.6 Å². The summed E-state index contributed by atoms with van der Waals surface area (Å²) in [6.45, 7) is 2.92. The number of hydrogen-bond donors (Lipinski definition) is 1. The van der Waals surface area contributed by atoms with Crippen LogP contribution in [0.1, 0.15) is 52.0 Å². The first-order valence-electron chi connectivity index (χ1n) is 10.4. The van der Waals surface area contributed by atoms with Crippen molar-refractivity contribution in [2.24, 2.45) is 4.99 Å². The number of carbonyl (C=O) groups is 2. The zero-order valence-electron chi connectivity index (χ0n) is 17.3. The minimum atomic E-state index is -1.16. The maximum absolute atomic E-state index is 13.5. The highest BCUT2D eigenvalue weighted by molar-refractivity contribution is 6.07. The van der Waals surface area contributed by atoms with Gasteiger partial charge in [-0.05, 0) is 73.0 Å². The highest BCUT2D eigenvalue weighted by Crippen LogP contribution is 2.37. The summed E-state index contributed by atoms with van der Waals surface area (Å²) >= 11 is 0. The van der Waals surface area contributed by atoms with Crippen LogP contribution in [0.4, 0.5) is 0 Å². The molecule has 0 saturated carbocycles. The van der Waals surface area contributed by atoms with Gasteiger partial charge in [0.25, 0.3) is 0 Å². The van der Waals surface area contributed by atoms with Crippen LogP contribution in [0.25, 0.3) is 0 Å². The number of allylic oxidation sites excluding steroid dienone is 1. The van der Waals surface area contributed by atoms with Crippen LogP contribution < -0.4 is 5.32 Å². The van der Waals surface area contributed by atoms with Crippen molar-refractivity contribution in [2.45, 2.75) is 31.3 Å². The Morgan fingerprint density at radius 2 is 2.06 bits per heavy atom. The van der Waals surface area contributed by atoms with Crippen LogP contribution in [0.3, 0.4) is 0 Å². The van der Waals surface area contributed by atoms with Crippen molar-refractivity contribution < 1.29 is 14.3 Å². The summed E-state index contributed by atoms with van der Waals surface area (Å²) in [6.07, 6.45) is 6.29. The molecule has 2 heterocycles. The van der Waals surface area contributed by atoms with E-state index in [0.717, 1.165) is 29.7 Å². The van der Waals surface area contributed by atoms with E-state index in [1.54, 1.807) is 49.6 Å². The predicted octanol–water partition coefficient (Wildman–Crippen LogP) is 3.42. The van der Waals surface area contributed by atoms with Gasteiger partial charge < -0.3 is 10.1 Å². The molecule has 2 aliphatic heterocycles. The fourth-order valence-electron chi connectivity index (χ4n) is 4.18. The molecule has 2 atom stereocenters. The van der Waals surface area contributed by atoms with Crippen molar-refractivity contribution in [2.75, 3.05) is 13.2 Å². The molecule has 2 unspecified atom stereocenters. The van der Waals surface area contributed by atoms with Crippen molar-refractivity contribution in [1.29, 1.82) is 5.26 Å². The summed E-state index contributed by atoms with van der Waals surface area (Å²) in [5, 5.41) is 12.4. The first-order valence-corrected chi connectivity index (χ1v) is 10.4. The number of hydrogen-bond acceptors (Lipinski definition) is 6. The Morgan fingerprint density at radius 1 is 1.26 bits per heavy atom. The van der Waals surface area contributed by atoms with Gasteiger partial charge in [-0.1, -0.05) is 18.2 Å². The maximum atomic E-state index is 13.5. The Labute approximate surface area is 181 Å². The standard InChI is InChI=1S/C25H23N3O3/c1-2-31-23(29)15-22-21-14-20(9-8-18(21)10-13-27-22)25(11-3-12-28-25)24(30)19-6-4-17(16-26)5-7-19/h3-9,11-12,14,22,27H,2,10,13,15H2,1H3. The highest BCUT2D eigenvalue weighted by atomic mass is 16.5. The second kappa shape index (κ2) is 8.66. The largest absolute Gasteiger partial charge is 0.466 e. The number of aliphatic imine (C=N–C) groups is 1. The average Bonchev–Trinajstić information content (AvgIpc) is 3.30. The average molecular weight is 413 g/mol. The second-order valence-electron chi connectivity index (χ2n) is 7.60. The van der Waals surface area contributed by atoms with E-state index in [-0.39, 0.29) is 24.2 Å². The van der Waals surface area contributed by atoms with Crippen LogP contribution in [0.2, 0.25) is 0 Å². The van der Waals surface area contributed by atoms with Crippen LogP contribution in [-0.2, 0) is 21.5 Å². The van der Waals surface area contributed by atoms with E-state index in [9.17, 15) is 9.59 Å². The van der Waals surface area contributed by atoms with Crippen molar-refractivity contribution >= 4 is 18.0 Å². The van der Waals surface area contributed by atoms with Crippen LogP contribution in [0, 0.1) is 11.3 Å². The molecule has 2 aromatic rings. The smallest absolute Gasteiger partial charge is 0.307 e. The lowest BCUT2D eigenvalue weighted by molar-refractivity contribution is -0.143. The van der Waals surface area contributed by atoms with E-state index >= 15 is 0 Å². The molecule has 0 radical (unpaired) electrons. The van der Waals surface area contributed by atoms with E-state index in [4.69, 9.17) is 10.00 Å². The molecule has 4 rings (SSSR count). The SMILES string of the molecule is CCOC(=O)CC1NCCc2ccc(C3(C(=O)c4ccc(C#N)cc4)C=CC=N3)cc21. The maximum Gasteiger partial charge on any atom is 0.307 e. The molecule has 156 valence electrons. The van der Waals surface area contributed by atoms with Crippen molar-refractivity contribution in [3.8, 4) is 6.07 Å². The molecule has 0 aliphatic carbocycles. The zero-order chi connectivity index (χ0) is 21.8. The summed E-state index contributed by atoms with van der Waals surface area (Å²) in [6, 6.07) is 14.4. The summed E-state index contributed by atoms with van der Waals surface area (Å²) in [5.41, 5.74) is 2.74. The van der Waals surface area contributed by atoms with Gasteiger partial charge in [-0.2, -0.15) is 5.26 Å². The van der Waals surface area contributed by atoms with Gasteiger partial charge in [-0.25, -0.2) is 0 Å². The van der Waals surface area contributed by atoms with Crippen LogP contribution >= 0.6 is 0 Å². The molecule has 0 amide bonds. The number of rotatable bonds is 6. The van der Waals surface area contributed by atoms with Gasteiger partial charge in [0.2, 0.25) is 0 Å². The van der Waals surface area contributed by atoms with Gasteiger partial charge in [0, 0.05) is 17.8 Å². The third-order valence-corrected chi connectivity index (χ3v) is 5.75. The highest BCUT2D eigenvalue weighted by Gasteiger charge is 2.40. The summed E-state index contributed by atoms with van der Waals surface area (Å²) < 4.78 is 5.13. The third kappa shape index (κ3) is 3.92. The third-order valence-electron chi connectivity index (χ3n) is 5.75. The molecule has 31 heavy (non-hydrogen) atoms. The molecule has 1 N–H and O–H groups in total. The van der Waals surface area contributed by atoms with Crippen LogP contribution in [0.5, 0.6) is 0 Å². The molecule has 0 fully saturated rings. The second-order valence-corrected chi connectivity index (χ2v) is 7.60. The van der Waals surface area contributed by atoms with E-state index < -0.39 is 5.54 Å². The Balaban J connectivity index is 1.72. The lowest BCUT2D eigenvalue weighted by Gasteiger charge is -2.30. The van der Waals surface area contributed by atoms with Crippen LogP contribution in [-0.4, -0.2) is 31.1 Å². The Hall–Kier alpha value is -3.56. The molecule has 0 spiro atoms. The molecule has 6 heteroatoms. The summed E-state index contributed by atoms with van der Waals surface area (Å²) in [5.74, 6) is -0.409. The molecule has 2 aliphatic rings. The minimum Gasteiger partial charge on any atom is -0.466 e. The fraction of sp³-hybridized carbons (Fsp3) is 0.280. The Morgan fingerprint density at radius 3 is 2.74 bits per heavy atom. The molecule has 0 aromatic heterocycles. The molecular formula is C25H23N3O3. The van der Waals surface area contributed by atoms with Gasteiger partial charge in [0.1, 0.15) is 0 Å². The van der Waals surface area contributed by atoms with Crippen molar-refractivity contribution in [3.63, 3.8) is 0 Å². The topological polar surface area (TPSA) is 91.5 Å². The van der Waals surface area contributed by atoms with Gasteiger partial charge in [0.05, 0.1) is 24.7 Å². The van der Waals surface area contributed by atoms with Gasteiger partial charge in [-0.3, -0.25) is 14.6 Å². The number of benzene rings is 2. The fourth-order valence-corrected chi connectivity index (χ4v) is 4.18. The lowest BCUT2D eigenvalue weighted by Crippen LogP contribution is -2.34. The quantitative estimate of drug-likeness (QED) is 0.579. The van der Waals surface area contributed by atoms with Crippen molar-refractivity contribution in [3.05, 3.63) is 82.4 Å². The molecule has 0 bridgehead atoms. The number of nitrogens with one attached hydrogen (secondary N) is 1. The Kier molecular flexibility index (Phi) is 5.79. The van der Waals surface area contributed by atoms with E-state index in [1.807, 2.05) is 18.2 Å². The van der Waals surface area contributed by atoms with Gasteiger partial charge in [0.15, 0.2) is 11.3 Å². The monoisotopic (exact) mass is 413 g/mol. The first kappa shape index (κ1) is 20.7. The van der Waals surface area contributed by atoms with E-state index in [2.05, 4.69) is 16.4 Å². The summed E-state index contributed by atoms with van der Waals surface area (Å²) in [7, 11) is 0. The summed E-state index contributed by atoms with van der Waals surface area (Å²) in [4.78, 5) is 30.2. The number of esters is 1. The van der Waals surface area contributed by atoms with Gasteiger partial charge >= 0.3 is 5.97 Å². The van der Waals surface area contributed by atoms with Crippen molar-refractivity contribution in [1.82, 2.24) is 5.32 Å². The number of ketones is 1. The number of ether oxygens (including phenoxy) is 1. The first-order chi connectivity index (χ1) is 15.1. The molecule has 2 aromatic carbocycles. The molecular weight excluding hydrogens is 390 g/mol. The molecule has 0 saturated heterocycles. The zero-order valence-corrected chi connectivity index (χ0v) is 17.3. The van der Waals surface area contributed by atoms with E-state index in [1.165, 1.54) is 0 Å². The van der Waals surface area contributed by atoms with Gasteiger partial charge in [-0.15, -0.1) is 0 Å². The number of nitrogens with zero attached hydrogens (tertiary/aromatic N) is 2. The Bertz CT molecular complexity index is 1100. The molecule has 6 nitrogen and oxygen atoms in total. The number of carbonyl (C=O) groups excluding carboxylic acids is 2.